The highest BCUT2D eigenvalue weighted by Gasteiger charge is 2.19. The molecule has 0 aliphatic rings. The predicted octanol–water partition coefficient (Wildman–Crippen LogP) is 13.4. The number of carbonyl (C=O) groups excluding carboxylic acids is 3. The maximum atomic E-state index is 12.7. The lowest BCUT2D eigenvalue weighted by Gasteiger charge is -2.18. The van der Waals surface area contributed by atoms with Gasteiger partial charge in [0, 0.05) is 12.8 Å². The minimum absolute atomic E-state index is 0.118. The number of hydrogen-bond acceptors (Lipinski definition) is 6. The van der Waals surface area contributed by atoms with Crippen LogP contribution in [0, 0.1) is 0 Å². The van der Waals surface area contributed by atoms with E-state index in [0.29, 0.717) is 12.8 Å². The van der Waals surface area contributed by atoms with Gasteiger partial charge in [0.2, 0.25) is 0 Å². The van der Waals surface area contributed by atoms with Gasteiger partial charge in [-0.2, -0.15) is 0 Å². The third-order valence-corrected chi connectivity index (χ3v) is 8.13. The summed E-state index contributed by atoms with van der Waals surface area (Å²) in [6, 6.07) is 0. The Hall–Kier alpha value is -4.19. The van der Waals surface area contributed by atoms with Crippen LogP contribution in [0.2, 0.25) is 0 Å². The summed E-state index contributed by atoms with van der Waals surface area (Å²) >= 11 is 0. The molecule has 6 nitrogen and oxygen atoms in total. The van der Waals surface area contributed by atoms with E-state index in [2.05, 4.69) is 93.7 Å². The molecule has 1 unspecified atom stereocenters. The van der Waals surface area contributed by atoms with Crippen molar-refractivity contribution in [2.75, 3.05) is 13.2 Å². The lowest BCUT2D eigenvalue weighted by Crippen LogP contribution is -2.30. The van der Waals surface area contributed by atoms with E-state index in [0.717, 1.165) is 83.5 Å². The van der Waals surface area contributed by atoms with E-state index in [9.17, 15) is 14.4 Å². The molecule has 0 saturated carbocycles. The summed E-state index contributed by atoms with van der Waals surface area (Å²) in [6.45, 7) is 6.06. The minimum Gasteiger partial charge on any atom is -0.462 e. The Morgan fingerprint density at radius 1 is 0.400 bits per heavy atom. The van der Waals surface area contributed by atoms with E-state index in [1.807, 2.05) is 42.5 Å². The zero-order valence-corrected chi connectivity index (χ0v) is 34.6. The Morgan fingerprint density at radius 3 is 1.35 bits per heavy atom. The second-order valence-corrected chi connectivity index (χ2v) is 13.3. The Morgan fingerprint density at radius 2 is 0.800 bits per heavy atom. The van der Waals surface area contributed by atoms with Crippen molar-refractivity contribution in [3.63, 3.8) is 0 Å². The van der Waals surface area contributed by atoms with Crippen molar-refractivity contribution < 1.29 is 28.6 Å². The van der Waals surface area contributed by atoms with Crippen LogP contribution in [0.15, 0.2) is 122 Å². The molecule has 1 atom stereocenters. The molecule has 0 saturated heterocycles. The highest BCUT2D eigenvalue weighted by Crippen LogP contribution is 2.12. The second-order valence-electron chi connectivity index (χ2n) is 13.3. The van der Waals surface area contributed by atoms with Gasteiger partial charge in [0.15, 0.2) is 6.10 Å². The average molecular weight is 759 g/mol. The number of rotatable bonds is 35. The first-order chi connectivity index (χ1) is 27.0. The summed E-state index contributed by atoms with van der Waals surface area (Å²) in [5, 5.41) is 0. The summed E-state index contributed by atoms with van der Waals surface area (Å²) < 4.78 is 16.5. The van der Waals surface area contributed by atoms with Crippen LogP contribution in [0.5, 0.6) is 0 Å². The van der Waals surface area contributed by atoms with Crippen molar-refractivity contribution in [1.29, 1.82) is 0 Å². The van der Waals surface area contributed by atoms with Crippen molar-refractivity contribution in [3.8, 4) is 0 Å². The zero-order valence-electron chi connectivity index (χ0n) is 34.6. The van der Waals surface area contributed by atoms with Crippen LogP contribution in [0.4, 0.5) is 0 Å². The maximum Gasteiger partial charge on any atom is 0.309 e. The Labute approximate surface area is 335 Å². The van der Waals surface area contributed by atoms with E-state index < -0.39 is 12.1 Å². The number of hydrogen-bond donors (Lipinski definition) is 0. The molecule has 306 valence electrons. The Kier molecular flexibility index (Phi) is 39.3. The van der Waals surface area contributed by atoms with E-state index in [-0.39, 0.29) is 38.0 Å². The fourth-order valence-electron chi connectivity index (χ4n) is 5.04. The number of esters is 3. The molecular formula is C49H74O6. The lowest BCUT2D eigenvalue weighted by atomic mass is 10.1. The standard InChI is InChI=1S/C49H74O6/c1-4-7-10-13-16-19-21-23-24-26-27-30-33-36-39-42-48(51)54-45-46(44-53-47(50)41-38-35-32-29-18-15-12-9-6-3)55-49(52)43-40-37-34-31-28-25-22-20-17-14-11-8-5-2/h7-14,16-22,25,28-29,35,38,46H,4-6,15,23-24,26-27,30-34,36-37,39-45H2,1-3H3/b10-7-,11-8-,12-9-,16-13-,17-14-,21-19-,22-20-,28-25-,29-18-,38-35-. The van der Waals surface area contributed by atoms with Crippen LogP contribution in [0.1, 0.15) is 149 Å². The third-order valence-electron chi connectivity index (χ3n) is 8.13. The van der Waals surface area contributed by atoms with Gasteiger partial charge in [-0.25, -0.2) is 0 Å². The van der Waals surface area contributed by atoms with Crippen LogP contribution in [0.3, 0.4) is 0 Å². The molecule has 0 radical (unpaired) electrons. The largest absolute Gasteiger partial charge is 0.462 e. The van der Waals surface area contributed by atoms with Crippen molar-refractivity contribution in [1.82, 2.24) is 0 Å². The summed E-state index contributed by atoms with van der Waals surface area (Å²) in [5.74, 6) is -1.13. The maximum absolute atomic E-state index is 12.7. The molecule has 55 heavy (non-hydrogen) atoms. The Balaban J connectivity index is 4.55. The zero-order chi connectivity index (χ0) is 40.1. The van der Waals surface area contributed by atoms with Crippen LogP contribution in [0.25, 0.3) is 0 Å². The average Bonchev–Trinajstić information content (AvgIpc) is 3.18. The minimum atomic E-state index is -0.839. The fourth-order valence-corrected chi connectivity index (χ4v) is 5.04. The number of ether oxygens (including phenoxy) is 3. The first-order valence-electron chi connectivity index (χ1n) is 21.1. The van der Waals surface area contributed by atoms with Gasteiger partial charge in [0.1, 0.15) is 13.2 Å². The summed E-state index contributed by atoms with van der Waals surface area (Å²) in [4.78, 5) is 37.5. The van der Waals surface area contributed by atoms with E-state index in [4.69, 9.17) is 14.2 Å². The molecule has 0 aromatic carbocycles. The molecule has 0 aromatic heterocycles. The molecule has 0 aliphatic heterocycles. The normalized spacial score (nSPS) is 13.3. The van der Waals surface area contributed by atoms with Crippen molar-refractivity contribution >= 4 is 17.9 Å². The number of unbranched alkanes of at least 4 members (excludes halogenated alkanes) is 10. The van der Waals surface area contributed by atoms with Gasteiger partial charge in [-0.05, 0) is 70.6 Å². The number of allylic oxidation sites excluding steroid dienone is 19. The van der Waals surface area contributed by atoms with E-state index in [1.54, 1.807) is 6.08 Å². The second kappa shape index (κ2) is 42.6. The van der Waals surface area contributed by atoms with Gasteiger partial charge in [-0.15, -0.1) is 0 Å². The number of carbonyl (C=O) groups is 3. The molecule has 0 heterocycles. The molecule has 0 N–H and O–H groups in total. The lowest BCUT2D eigenvalue weighted by molar-refractivity contribution is -0.166. The van der Waals surface area contributed by atoms with Gasteiger partial charge in [0.25, 0.3) is 0 Å². The molecule has 0 aliphatic carbocycles. The molecule has 0 aromatic rings. The molecule has 0 spiro atoms. The van der Waals surface area contributed by atoms with Crippen molar-refractivity contribution in [2.45, 2.75) is 155 Å². The molecule has 0 amide bonds. The Bertz CT molecular complexity index is 1240. The first-order valence-corrected chi connectivity index (χ1v) is 21.1. The predicted molar refractivity (Wildman–Crippen MR) is 233 cm³/mol. The van der Waals surface area contributed by atoms with Crippen LogP contribution in [-0.4, -0.2) is 37.2 Å². The SMILES string of the molecule is CC\C=C/C=C\C=C/C=C\CCCCCC(=O)OC(COC(=O)C/C=C\C/C=C\C/C=C\CC)COC(=O)CCCCCCCCC\C=C/C=C\C=C/CC. The summed E-state index contributed by atoms with van der Waals surface area (Å²) in [6.07, 6.45) is 57.9. The van der Waals surface area contributed by atoms with Crippen LogP contribution in [-0.2, 0) is 28.6 Å². The molecule has 0 bridgehead atoms. The first kappa shape index (κ1) is 50.8. The quantitative estimate of drug-likeness (QED) is 0.0210. The molecule has 0 fully saturated rings. The van der Waals surface area contributed by atoms with Crippen LogP contribution >= 0.6 is 0 Å². The highest BCUT2D eigenvalue weighted by molar-refractivity contribution is 5.72. The van der Waals surface area contributed by atoms with E-state index in [1.165, 1.54) is 19.3 Å². The smallest absolute Gasteiger partial charge is 0.309 e. The van der Waals surface area contributed by atoms with Gasteiger partial charge in [0.05, 0.1) is 6.42 Å². The summed E-state index contributed by atoms with van der Waals surface area (Å²) in [7, 11) is 0. The topological polar surface area (TPSA) is 78.9 Å². The fraction of sp³-hybridized carbons (Fsp3) is 0.531. The highest BCUT2D eigenvalue weighted by atomic mass is 16.6. The third kappa shape index (κ3) is 40.8. The molecular weight excluding hydrogens is 685 g/mol. The van der Waals surface area contributed by atoms with Crippen molar-refractivity contribution in [3.05, 3.63) is 122 Å². The molecule has 6 heteroatoms. The summed E-state index contributed by atoms with van der Waals surface area (Å²) in [5.41, 5.74) is 0. The van der Waals surface area contributed by atoms with Gasteiger partial charge in [-0.3, -0.25) is 14.4 Å². The molecule has 0 rings (SSSR count). The van der Waals surface area contributed by atoms with Gasteiger partial charge >= 0.3 is 17.9 Å². The monoisotopic (exact) mass is 759 g/mol. The van der Waals surface area contributed by atoms with Crippen LogP contribution < -0.4 is 0 Å². The van der Waals surface area contributed by atoms with Crippen molar-refractivity contribution in [2.24, 2.45) is 0 Å². The van der Waals surface area contributed by atoms with Gasteiger partial charge < -0.3 is 14.2 Å². The van der Waals surface area contributed by atoms with E-state index >= 15 is 0 Å². The van der Waals surface area contributed by atoms with Gasteiger partial charge in [-0.1, -0.05) is 181 Å².